The fraction of sp³-hybridized carbons (Fsp3) is 0.500. The molecule has 0 bridgehead atoms. The van der Waals surface area contributed by atoms with Gasteiger partial charge >= 0.3 is 12.0 Å². The number of carbonyl (C=O) groups is 2. The van der Waals surface area contributed by atoms with E-state index in [-0.39, 0.29) is 12.0 Å². The average molecular weight is 304 g/mol. The van der Waals surface area contributed by atoms with Crippen molar-refractivity contribution in [2.45, 2.75) is 18.4 Å². The van der Waals surface area contributed by atoms with Gasteiger partial charge in [-0.25, -0.2) is 9.59 Å². The number of fused-ring (bicyclic) bond motifs is 2. The van der Waals surface area contributed by atoms with Crippen molar-refractivity contribution in [3.05, 3.63) is 35.4 Å². The molecule has 2 aliphatic heterocycles. The summed E-state index contributed by atoms with van der Waals surface area (Å²) in [4.78, 5) is 25.8. The molecule has 2 amide bonds. The second kappa shape index (κ2) is 5.96. The van der Waals surface area contributed by atoms with Crippen LogP contribution in [-0.2, 0) is 15.1 Å². The SMILES string of the molecule is COCCNC(=O)N1CCC2(CC1)OC(=O)c1ccccc12. The highest BCUT2D eigenvalue weighted by molar-refractivity contribution is 5.94. The van der Waals surface area contributed by atoms with Crippen LogP contribution in [0.15, 0.2) is 24.3 Å². The third-order valence-electron chi connectivity index (χ3n) is 4.37. The van der Waals surface area contributed by atoms with E-state index >= 15 is 0 Å². The molecule has 0 aromatic heterocycles. The number of piperidine rings is 1. The van der Waals surface area contributed by atoms with Crippen molar-refractivity contribution in [3.63, 3.8) is 0 Å². The number of hydrogen-bond acceptors (Lipinski definition) is 4. The van der Waals surface area contributed by atoms with Gasteiger partial charge in [-0.3, -0.25) is 0 Å². The fourth-order valence-electron chi connectivity index (χ4n) is 3.16. The zero-order chi connectivity index (χ0) is 15.6. The van der Waals surface area contributed by atoms with Crippen LogP contribution < -0.4 is 5.32 Å². The molecule has 118 valence electrons. The number of amides is 2. The van der Waals surface area contributed by atoms with Gasteiger partial charge in [-0.1, -0.05) is 18.2 Å². The largest absolute Gasteiger partial charge is 0.450 e. The van der Waals surface area contributed by atoms with Crippen molar-refractivity contribution in [2.75, 3.05) is 33.4 Å². The molecular formula is C16H20N2O4. The first kappa shape index (κ1) is 14.8. The number of hydrogen-bond donors (Lipinski definition) is 1. The van der Waals surface area contributed by atoms with Crippen molar-refractivity contribution >= 4 is 12.0 Å². The average Bonchev–Trinajstić information content (AvgIpc) is 2.81. The first-order chi connectivity index (χ1) is 10.7. The Bertz CT molecular complexity index is 579. The molecule has 2 aliphatic rings. The van der Waals surface area contributed by atoms with Gasteiger partial charge < -0.3 is 19.7 Å². The van der Waals surface area contributed by atoms with Crippen LogP contribution in [-0.4, -0.2) is 50.3 Å². The third kappa shape index (κ3) is 2.54. The summed E-state index contributed by atoms with van der Waals surface area (Å²) >= 11 is 0. The van der Waals surface area contributed by atoms with Gasteiger partial charge in [-0.2, -0.15) is 0 Å². The van der Waals surface area contributed by atoms with Crippen LogP contribution in [0.4, 0.5) is 4.79 Å². The fourth-order valence-corrected chi connectivity index (χ4v) is 3.16. The molecule has 0 aliphatic carbocycles. The predicted octanol–water partition coefficient (Wildman–Crippen LogP) is 1.50. The van der Waals surface area contributed by atoms with Crippen LogP contribution in [0.2, 0.25) is 0 Å². The number of likely N-dealkylation sites (tertiary alicyclic amines) is 1. The Balaban J connectivity index is 1.65. The van der Waals surface area contributed by atoms with Crippen molar-refractivity contribution < 1.29 is 19.1 Å². The minimum atomic E-state index is -0.559. The summed E-state index contributed by atoms with van der Waals surface area (Å²) < 4.78 is 10.6. The number of nitrogens with zero attached hydrogens (tertiary/aromatic N) is 1. The number of nitrogens with one attached hydrogen (secondary N) is 1. The molecule has 1 aromatic carbocycles. The zero-order valence-electron chi connectivity index (χ0n) is 12.6. The van der Waals surface area contributed by atoms with Crippen LogP contribution in [0.1, 0.15) is 28.8 Å². The van der Waals surface area contributed by atoms with E-state index in [1.807, 2.05) is 18.2 Å². The van der Waals surface area contributed by atoms with Gasteiger partial charge in [0, 0.05) is 45.1 Å². The maximum absolute atomic E-state index is 12.0. The number of ether oxygens (including phenoxy) is 2. The van der Waals surface area contributed by atoms with Gasteiger partial charge in [-0.05, 0) is 6.07 Å². The second-order valence-corrected chi connectivity index (χ2v) is 5.64. The minimum Gasteiger partial charge on any atom is -0.450 e. The van der Waals surface area contributed by atoms with E-state index in [1.54, 1.807) is 18.1 Å². The Hall–Kier alpha value is -2.08. The van der Waals surface area contributed by atoms with Crippen molar-refractivity contribution in [3.8, 4) is 0 Å². The predicted molar refractivity (Wildman–Crippen MR) is 79.6 cm³/mol. The number of esters is 1. The number of carbonyl (C=O) groups excluding carboxylic acids is 2. The molecule has 6 nitrogen and oxygen atoms in total. The van der Waals surface area contributed by atoms with Crippen LogP contribution in [0, 0.1) is 0 Å². The summed E-state index contributed by atoms with van der Waals surface area (Å²) in [6.45, 7) is 2.13. The van der Waals surface area contributed by atoms with Gasteiger partial charge in [0.1, 0.15) is 5.60 Å². The lowest BCUT2D eigenvalue weighted by Gasteiger charge is -2.38. The molecule has 1 N–H and O–H groups in total. The molecule has 0 saturated carbocycles. The molecule has 6 heteroatoms. The summed E-state index contributed by atoms with van der Waals surface area (Å²) in [6.07, 6.45) is 1.26. The Morgan fingerprint density at radius 2 is 2.09 bits per heavy atom. The number of benzene rings is 1. The smallest absolute Gasteiger partial charge is 0.339 e. The second-order valence-electron chi connectivity index (χ2n) is 5.64. The molecule has 1 aromatic rings. The van der Waals surface area contributed by atoms with E-state index in [2.05, 4.69) is 5.32 Å². The summed E-state index contributed by atoms with van der Waals surface area (Å²) in [5.41, 5.74) is 1.05. The Morgan fingerprint density at radius 3 is 2.82 bits per heavy atom. The number of methoxy groups -OCH3 is 1. The number of rotatable bonds is 3. The van der Waals surface area contributed by atoms with E-state index in [0.717, 1.165) is 5.56 Å². The van der Waals surface area contributed by atoms with E-state index in [9.17, 15) is 9.59 Å². The summed E-state index contributed by atoms with van der Waals surface area (Å²) in [7, 11) is 1.60. The van der Waals surface area contributed by atoms with E-state index < -0.39 is 5.60 Å². The lowest BCUT2D eigenvalue weighted by atomic mass is 9.84. The Morgan fingerprint density at radius 1 is 1.36 bits per heavy atom. The Labute approximate surface area is 129 Å². The van der Waals surface area contributed by atoms with Crippen molar-refractivity contribution in [2.24, 2.45) is 0 Å². The molecule has 1 saturated heterocycles. The van der Waals surface area contributed by atoms with Crippen molar-refractivity contribution in [1.29, 1.82) is 0 Å². The molecule has 2 heterocycles. The topological polar surface area (TPSA) is 67.9 Å². The zero-order valence-corrected chi connectivity index (χ0v) is 12.6. The minimum absolute atomic E-state index is 0.0930. The van der Waals surface area contributed by atoms with Crippen molar-refractivity contribution in [1.82, 2.24) is 10.2 Å². The highest BCUT2D eigenvalue weighted by Crippen LogP contribution is 2.43. The molecule has 1 fully saturated rings. The summed E-state index contributed by atoms with van der Waals surface area (Å²) in [5, 5.41) is 2.81. The molecule has 1 spiro atoms. The molecule has 22 heavy (non-hydrogen) atoms. The van der Waals surface area contributed by atoms with Crippen LogP contribution in [0.5, 0.6) is 0 Å². The van der Waals surface area contributed by atoms with E-state index in [1.165, 1.54) is 0 Å². The number of urea groups is 1. The van der Waals surface area contributed by atoms with Crippen LogP contribution in [0.25, 0.3) is 0 Å². The lowest BCUT2D eigenvalue weighted by Crippen LogP contribution is -2.49. The lowest BCUT2D eigenvalue weighted by molar-refractivity contribution is -0.0369. The van der Waals surface area contributed by atoms with Gasteiger partial charge in [0.2, 0.25) is 0 Å². The molecule has 0 atom stereocenters. The van der Waals surface area contributed by atoms with Gasteiger partial charge in [0.25, 0.3) is 0 Å². The van der Waals surface area contributed by atoms with Crippen LogP contribution >= 0.6 is 0 Å². The summed E-state index contributed by atoms with van der Waals surface area (Å²) in [6, 6.07) is 7.43. The first-order valence-electron chi connectivity index (χ1n) is 7.51. The molecule has 0 unspecified atom stereocenters. The molecule has 3 rings (SSSR count). The van der Waals surface area contributed by atoms with Gasteiger partial charge in [0.05, 0.1) is 12.2 Å². The standard InChI is InChI=1S/C16H20N2O4/c1-21-11-8-17-15(20)18-9-6-16(7-10-18)13-5-3-2-4-12(13)14(19)22-16/h2-5H,6-11H2,1H3,(H,17,20). The van der Waals surface area contributed by atoms with Gasteiger partial charge in [-0.15, -0.1) is 0 Å². The maximum Gasteiger partial charge on any atom is 0.339 e. The van der Waals surface area contributed by atoms with Crippen LogP contribution in [0.3, 0.4) is 0 Å². The first-order valence-corrected chi connectivity index (χ1v) is 7.51. The monoisotopic (exact) mass is 304 g/mol. The maximum atomic E-state index is 12.0. The van der Waals surface area contributed by atoms with E-state index in [4.69, 9.17) is 9.47 Å². The highest BCUT2D eigenvalue weighted by atomic mass is 16.6. The van der Waals surface area contributed by atoms with E-state index in [0.29, 0.717) is 44.6 Å². The highest BCUT2D eigenvalue weighted by Gasteiger charge is 2.47. The third-order valence-corrected chi connectivity index (χ3v) is 4.37. The molecule has 0 radical (unpaired) electrons. The summed E-state index contributed by atoms with van der Waals surface area (Å²) in [5.74, 6) is -0.256. The molecular weight excluding hydrogens is 284 g/mol. The Kier molecular flexibility index (Phi) is 4.02. The normalized spacial score (nSPS) is 19.0. The quantitative estimate of drug-likeness (QED) is 0.679. The van der Waals surface area contributed by atoms with Gasteiger partial charge in [0.15, 0.2) is 0 Å².